The van der Waals surface area contributed by atoms with E-state index >= 15 is 0 Å². The zero-order chi connectivity index (χ0) is 24.5. The maximum atomic E-state index is 13.7. The summed E-state index contributed by atoms with van der Waals surface area (Å²) in [5.41, 5.74) is 1.10. The summed E-state index contributed by atoms with van der Waals surface area (Å²) in [5, 5.41) is 16.8. The molecule has 3 unspecified atom stereocenters. The highest BCUT2D eigenvalue weighted by molar-refractivity contribution is 6.35. The number of nitrogens with zero attached hydrogens (tertiary/aromatic N) is 2. The van der Waals surface area contributed by atoms with Gasteiger partial charge in [0.1, 0.15) is 17.8 Å². The molecule has 0 radical (unpaired) electrons. The molecule has 3 amide bonds. The number of amides is 3. The van der Waals surface area contributed by atoms with Crippen LogP contribution in [0.15, 0.2) is 24.3 Å². The predicted octanol–water partition coefficient (Wildman–Crippen LogP) is 3.38. The molecule has 8 nitrogen and oxygen atoms in total. The molecule has 3 N–H and O–H groups in total. The number of nitriles is 1. The lowest BCUT2D eigenvalue weighted by Gasteiger charge is -2.30. The Morgan fingerprint density at radius 1 is 1.23 bits per heavy atom. The van der Waals surface area contributed by atoms with Crippen molar-refractivity contribution in [2.24, 2.45) is 17.8 Å². The van der Waals surface area contributed by atoms with Gasteiger partial charge in [0.05, 0.1) is 16.6 Å². The summed E-state index contributed by atoms with van der Waals surface area (Å²) in [5.74, 6) is -0.544. The van der Waals surface area contributed by atoms with Crippen LogP contribution < -0.4 is 10.6 Å². The SMILES string of the molecule is N#C[C@H](C[C@@H]1CCCNC1=O)NC(=O)C1C2CCCCC2CN1C(=O)c1cc2cccc(Cl)c2[nH]1. The Morgan fingerprint density at radius 2 is 2.06 bits per heavy atom. The number of carbonyl (C=O) groups excluding carboxylic acids is 3. The van der Waals surface area contributed by atoms with Gasteiger partial charge < -0.3 is 20.5 Å². The molecule has 2 aromatic rings. The Kier molecular flexibility index (Phi) is 6.70. The monoisotopic (exact) mass is 495 g/mol. The highest BCUT2D eigenvalue weighted by Gasteiger charge is 2.49. The fourth-order valence-electron chi connectivity index (χ4n) is 6.16. The zero-order valence-corrected chi connectivity index (χ0v) is 20.3. The Labute approximate surface area is 209 Å². The molecule has 5 atom stereocenters. The van der Waals surface area contributed by atoms with E-state index in [9.17, 15) is 19.6 Å². The number of carbonyl (C=O) groups is 3. The second kappa shape index (κ2) is 9.90. The molecule has 1 aromatic carbocycles. The van der Waals surface area contributed by atoms with Gasteiger partial charge in [0.25, 0.3) is 5.91 Å². The van der Waals surface area contributed by atoms with Crippen molar-refractivity contribution >= 4 is 40.2 Å². The van der Waals surface area contributed by atoms with Gasteiger partial charge in [0, 0.05) is 24.4 Å². The second-order valence-corrected chi connectivity index (χ2v) is 10.5. The van der Waals surface area contributed by atoms with Gasteiger partial charge in [-0.25, -0.2) is 0 Å². The van der Waals surface area contributed by atoms with Crippen LogP contribution in [0.25, 0.3) is 10.9 Å². The molecule has 3 heterocycles. The third kappa shape index (κ3) is 4.62. The van der Waals surface area contributed by atoms with Crippen LogP contribution >= 0.6 is 11.6 Å². The molecule has 5 rings (SSSR count). The molecule has 2 saturated heterocycles. The van der Waals surface area contributed by atoms with E-state index in [1.54, 1.807) is 17.0 Å². The molecule has 1 aliphatic carbocycles. The van der Waals surface area contributed by atoms with Crippen molar-refractivity contribution in [2.75, 3.05) is 13.1 Å². The number of nitrogens with one attached hydrogen (secondary N) is 3. The smallest absolute Gasteiger partial charge is 0.271 e. The van der Waals surface area contributed by atoms with Gasteiger partial charge in [0.15, 0.2) is 0 Å². The van der Waals surface area contributed by atoms with Gasteiger partial charge in [-0.05, 0) is 56.1 Å². The quantitative estimate of drug-likeness (QED) is 0.589. The van der Waals surface area contributed by atoms with Crippen molar-refractivity contribution in [3.8, 4) is 6.07 Å². The van der Waals surface area contributed by atoms with Crippen LogP contribution in [0.5, 0.6) is 0 Å². The van der Waals surface area contributed by atoms with Gasteiger partial charge in [-0.2, -0.15) is 5.26 Å². The first-order valence-corrected chi connectivity index (χ1v) is 12.9. The van der Waals surface area contributed by atoms with Crippen LogP contribution in [0.1, 0.15) is 55.4 Å². The Bertz CT molecular complexity index is 1190. The van der Waals surface area contributed by atoms with E-state index in [2.05, 4.69) is 21.7 Å². The maximum Gasteiger partial charge on any atom is 0.271 e. The summed E-state index contributed by atoms with van der Waals surface area (Å²) in [4.78, 5) is 44.2. The predicted molar refractivity (Wildman–Crippen MR) is 131 cm³/mol. The summed E-state index contributed by atoms with van der Waals surface area (Å²) in [7, 11) is 0. The summed E-state index contributed by atoms with van der Waals surface area (Å²) in [6.07, 6.45) is 5.85. The molecule has 1 aromatic heterocycles. The number of aromatic nitrogens is 1. The fourth-order valence-corrected chi connectivity index (χ4v) is 6.39. The minimum atomic E-state index is -0.775. The summed E-state index contributed by atoms with van der Waals surface area (Å²) in [6.45, 7) is 1.17. The molecule has 0 spiro atoms. The second-order valence-electron chi connectivity index (χ2n) is 10.1. The van der Waals surface area contributed by atoms with Gasteiger partial charge in [-0.15, -0.1) is 0 Å². The molecule has 3 fully saturated rings. The third-order valence-corrected chi connectivity index (χ3v) is 8.21. The summed E-state index contributed by atoms with van der Waals surface area (Å²) >= 11 is 6.30. The van der Waals surface area contributed by atoms with Crippen LogP contribution in [0.4, 0.5) is 0 Å². The Hall–Kier alpha value is -3.05. The molecule has 35 heavy (non-hydrogen) atoms. The van der Waals surface area contributed by atoms with Crippen LogP contribution in [0.2, 0.25) is 5.02 Å². The maximum absolute atomic E-state index is 13.7. The average Bonchev–Trinajstić information content (AvgIpc) is 3.47. The van der Waals surface area contributed by atoms with Gasteiger partial charge in [-0.1, -0.05) is 36.6 Å². The molecule has 2 aliphatic heterocycles. The first-order chi connectivity index (χ1) is 17.0. The molecule has 184 valence electrons. The van der Waals surface area contributed by atoms with Crippen LogP contribution in [0, 0.1) is 29.1 Å². The number of para-hydroxylation sites is 1. The van der Waals surface area contributed by atoms with Crippen molar-refractivity contribution < 1.29 is 14.4 Å². The number of rotatable bonds is 5. The highest BCUT2D eigenvalue weighted by Crippen LogP contribution is 2.41. The Balaban J connectivity index is 1.37. The largest absolute Gasteiger partial charge is 0.356 e. The number of aromatic amines is 1. The number of benzene rings is 1. The first-order valence-electron chi connectivity index (χ1n) is 12.5. The highest BCUT2D eigenvalue weighted by atomic mass is 35.5. The first kappa shape index (κ1) is 23.7. The molecule has 1 saturated carbocycles. The third-order valence-electron chi connectivity index (χ3n) is 7.90. The molecule has 3 aliphatic rings. The molecule has 9 heteroatoms. The van der Waals surface area contributed by atoms with Crippen LogP contribution in [-0.2, 0) is 9.59 Å². The van der Waals surface area contributed by atoms with E-state index < -0.39 is 12.1 Å². The number of hydrogen-bond acceptors (Lipinski definition) is 4. The van der Waals surface area contributed by atoms with Crippen molar-refractivity contribution in [3.63, 3.8) is 0 Å². The van der Waals surface area contributed by atoms with Crippen LogP contribution in [0.3, 0.4) is 0 Å². The van der Waals surface area contributed by atoms with Crippen molar-refractivity contribution in [1.82, 2.24) is 20.5 Å². The van der Waals surface area contributed by atoms with E-state index in [0.717, 1.165) is 37.5 Å². The lowest BCUT2D eigenvalue weighted by molar-refractivity contribution is -0.129. The number of likely N-dealkylation sites (tertiary alicyclic amines) is 1. The van der Waals surface area contributed by atoms with Crippen molar-refractivity contribution in [3.05, 3.63) is 35.0 Å². The summed E-state index contributed by atoms with van der Waals surface area (Å²) < 4.78 is 0. The van der Waals surface area contributed by atoms with E-state index in [1.807, 2.05) is 12.1 Å². The molecular formula is C26H30ClN5O3. The topological polar surface area (TPSA) is 118 Å². The minimum Gasteiger partial charge on any atom is -0.356 e. The van der Waals surface area contributed by atoms with Gasteiger partial charge >= 0.3 is 0 Å². The van der Waals surface area contributed by atoms with Gasteiger partial charge in [0.2, 0.25) is 11.8 Å². The van der Waals surface area contributed by atoms with E-state index in [1.165, 1.54) is 0 Å². The lowest BCUT2D eigenvalue weighted by atomic mass is 9.78. The van der Waals surface area contributed by atoms with E-state index in [4.69, 9.17) is 11.6 Å². The standard InChI is InChI=1S/C26H30ClN5O3/c27-20-9-3-6-15-12-21(31-22(15)20)26(35)32-14-17-5-1-2-8-19(17)23(32)25(34)30-18(13-28)11-16-7-4-10-29-24(16)33/h3,6,9,12,16-19,23,31H,1-2,4-5,7-8,10-11,14H2,(H,29,33)(H,30,34)/t16-,17?,18-,19?,23?/m0/s1. The number of halogens is 1. The fraction of sp³-hybridized carbons (Fsp3) is 0.538. The molecule has 0 bridgehead atoms. The average molecular weight is 496 g/mol. The number of H-pyrrole nitrogens is 1. The number of fused-ring (bicyclic) bond motifs is 2. The van der Waals surface area contributed by atoms with E-state index in [0.29, 0.717) is 35.7 Å². The molecular weight excluding hydrogens is 466 g/mol. The van der Waals surface area contributed by atoms with Crippen molar-refractivity contribution in [2.45, 2.75) is 57.0 Å². The zero-order valence-electron chi connectivity index (χ0n) is 19.6. The van der Waals surface area contributed by atoms with Gasteiger partial charge in [-0.3, -0.25) is 14.4 Å². The minimum absolute atomic E-state index is 0.0618. The lowest BCUT2D eigenvalue weighted by Crippen LogP contribution is -2.52. The normalized spacial score (nSPS) is 27.1. The van der Waals surface area contributed by atoms with Crippen LogP contribution in [-0.4, -0.2) is 52.8 Å². The number of hydrogen-bond donors (Lipinski definition) is 3. The van der Waals surface area contributed by atoms with E-state index in [-0.39, 0.29) is 41.9 Å². The Morgan fingerprint density at radius 3 is 2.83 bits per heavy atom. The van der Waals surface area contributed by atoms with Crippen molar-refractivity contribution in [1.29, 1.82) is 5.26 Å². The number of piperidine rings is 1. The summed E-state index contributed by atoms with van der Waals surface area (Å²) in [6, 6.07) is 8.02.